The van der Waals surface area contributed by atoms with Crippen molar-refractivity contribution in [1.82, 2.24) is 15.0 Å². The minimum Gasteiger partial charge on any atom is -0.602 e. The lowest BCUT2D eigenvalue weighted by Gasteiger charge is -2.28. The van der Waals surface area contributed by atoms with Crippen LogP contribution in [0.15, 0.2) is 64.3 Å². The number of phosphoric acid groups is 2. The summed E-state index contributed by atoms with van der Waals surface area (Å²) in [4.78, 5) is 76.4. The summed E-state index contributed by atoms with van der Waals surface area (Å²) in [5.41, 5.74) is 3.35. The van der Waals surface area contributed by atoms with Gasteiger partial charge in [-0.05, 0) is 42.3 Å². The summed E-state index contributed by atoms with van der Waals surface area (Å²) in [5.74, 6) is 2.53. The zero-order valence-electron chi connectivity index (χ0n) is 26.9. The van der Waals surface area contributed by atoms with Crippen molar-refractivity contribution >= 4 is 28.3 Å². The van der Waals surface area contributed by atoms with Crippen LogP contribution < -0.4 is 41.8 Å². The largest absolute Gasteiger partial charge is 0.602 e. The second-order valence-electron chi connectivity index (χ2n) is 10.5. The Labute approximate surface area is 284 Å². The molecule has 0 aliphatic carbocycles. The van der Waals surface area contributed by atoms with Gasteiger partial charge >= 0.3 is 39.1 Å². The van der Waals surface area contributed by atoms with Gasteiger partial charge < -0.3 is 24.0 Å². The molecule has 2 aromatic carbocycles. The number of hydrogen-bond acceptors (Lipinski definition) is 15. The highest BCUT2D eigenvalue weighted by molar-refractivity contribution is 7.67. The molecule has 4 N–H and O–H groups in total. The summed E-state index contributed by atoms with van der Waals surface area (Å²) in [5, 5.41) is 11.9. The number of aromatic amines is 1. The fraction of sp³-hybridized carbons (Fsp3) is 0.357. The van der Waals surface area contributed by atoms with Crippen molar-refractivity contribution in [2.24, 2.45) is 0 Å². The van der Waals surface area contributed by atoms with Crippen molar-refractivity contribution in [3.05, 3.63) is 97.3 Å². The van der Waals surface area contributed by atoms with Crippen molar-refractivity contribution in [3.8, 4) is 11.5 Å². The predicted molar refractivity (Wildman–Crippen MR) is 166 cm³/mol. The predicted octanol–water partition coefficient (Wildman–Crippen LogP) is 0.440. The van der Waals surface area contributed by atoms with Crippen LogP contribution in [-0.4, -0.2) is 40.2 Å². The lowest BCUT2D eigenvalue weighted by Crippen LogP contribution is -2.51. The maximum absolute atomic E-state index is 13.9. The second kappa shape index (κ2) is 17.1. The number of nitrogens with zero attached hydrogens (tertiary/aromatic N) is 4. The van der Waals surface area contributed by atoms with Gasteiger partial charge in [-0.1, -0.05) is 24.3 Å². The molecule has 0 bridgehead atoms. The van der Waals surface area contributed by atoms with Crippen LogP contribution in [0.5, 0.6) is 11.5 Å². The molecule has 267 valence electrons. The van der Waals surface area contributed by atoms with Crippen molar-refractivity contribution in [3.63, 3.8) is 0 Å². The third-order valence-electron chi connectivity index (χ3n) is 6.76. The molecule has 50 heavy (non-hydrogen) atoms. The highest BCUT2D eigenvalue weighted by Gasteiger charge is 2.55. The highest BCUT2D eigenvalue weighted by Crippen LogP contribution is 2.70. The van der Waals surface area contributed by atoms with Crippen molar-refractivity contribution in [1.29, 1.82) is 5.39 Å². The summed E-state index contributed by atoms with van der Waals surface area (Å²) in [7, 11) is -9.74. The van der Waals surface area contributed by atoms with Crippen LogP contribution >= 0.6 is 16.3 Å². The standard InChI is InChI=1S/C28H32N6O14P2/c1-17-13-34(28(38)31-27(17)37)26-12-24(32-33-29)25(46-26)16-43-50(40,47-30)48-49(39,41-14-20-4-8-22(9-5-20)44-18(2)35)42-15-21-6-10-23(11-7-21)45-19(3)36/h4-11,13,24-26H,12,14-16H2,1-3,30H3/q+1/p+1/t24-,25+,26+,50?/m0/s1. The molecule has 0 amide bonds. The number of quaternary nitrogens is 1. The number of carbonyl (C=O) groups is 2. The van der Waals surface area contributed by atoms with Gasteiger partial charge in [0.2, 0.25) is 0 Å². The molecule has 1 unspecified atom stereocenters. The number of carbonyl (C=O) groups excluding carboxylic acids is 2. The van der Waals surface area contributed by atoms with Crippen molar-refractivity contribution < 1.29 is 62.0 Å². The fourth-order valence-electron chi connectivity index (χ4n) is 4.43. The number of nitrogens with one attached hydrogen (secondary N) is 1. The summed E-state index contributed by atoms with van der Waals surface area (Å²) < 4.78 is 43.2. The molecule has 1 aliphatic heterocycles. The SMILES string of the molecule is CC(=O)Oc1ccc(CO[P+]([O-])(OCc2ccc(OC(C)=O)cc2)O[P+]([O-])(O[NH3+])OC[C@H]2O[C@@H](n3cc(C)c(=O)[nH]c3=O)C[C@@H]2[N][N+]#N)cc1. The van der Waals surface area contributed by atoms with Gasteiger partial charge in [0.15, 0.2) is 6.04 Å². The summed E-state index contributed by atoms with van der Waals surface area (Å²) >= 11 is 0. The minimum atomic E-state index is -4.90. The monoisotopic (exact) mass is 739 g/mol. The summed E-state index contributed by atoms with van der Waals surface area (Å²) in [6, 6.07) is 10.9. The Bertz CT molecular complexity index is 1740. The van der Waals surface area contributed by atoms with Gasteiger partial charge in [0, 0.05) is 41.0 Å². The van der Waals surface area contributed by atoms with Gasteiger partial charge in [0.1, 0.15) is 49.1 Å². The number of hydrogen-bond donors (Lipinski definition) is 2. The molecular weight excluding hydrogens is 706 g/mol. The number of rotatable bonds is 16. The average molecular weight is 740 g/mol. The molecule has 1 aromatic heterocycles. The first-order valence-electron chi connectivity index (χ1n) is 14.6. The molecule has 3 aromatic rings. The molecule has 20 nitrogen and oxygen atoms in total. The quantitative estimate of drug-likeness (QED) is 0.0663. The molecular formula is C28H33N6O14P2+2. The van der Waals surface area contributed by atoms with Crippen LogP contribution in [0.25, 0.3) is 5.08 Å². The van der Waals surface area contributed by atoms with Crippen LogP contribution in [0.2, 0.25) is 0 Å². The minimum absolute atomic E-state index is 0.0307. The first-order chi connectivity index (χ1) is 23.7. The number of phosphoric ester groups is 1. The number of esters is 2. The zero-order valence-corrected chi connectivity index (χ0v) is 28.7. The average Bonchev–Trinajstić information content (AvgIpc) is 3.47. The smallest absolute Gasteiger partial charge is 0.502 e. The third-order valence-corrected chi connectivity index (χ3v) is 10.0. The van der Waals surface area contributed by atoms with E-state index in [1.807, 2.05) is 0 Å². The number of ether oxygens (including phenoxy) is 3. The number of H-pyrrole nitrogens is 1. The second-order valence-corrected chi connectivity index (χ2v) is 14.0. The molecule has 1 fully saturated rings. The molecule has 1 radical (unpaired) electrons. The van der Waals surface area contributed by atoms with Crippen LogP contribution in [0.3, 0.4) is 0 Å². The zero-order chi connectivity index (χ0) is 36.5. The fourth-order valence-corrected chi connectivity index (χ4v) is 7.25. The van der Waals surface area contributed by atoms with E-state index >= 15 is 0 Å². The van der Waals surface area contributed by atoms with E-state index in [4.69, 9.17) is 42.1 Å². The first kappa shape index (κ1) is 38.6. The van der Waals surface area contributed by atoms with Crippen molar-refractivity contribution in [2.75, 3.05) is 6.61 Å². The van der Waals surface area contributed by atoms with Crippen LogP contribution in [-0.2, 0) is 50.0 Å². The van der Waals surface area contributed by atoms with Crippen LogP contribution in [0, 0.1) is 12.3 Å². The lowest BCUT2D eigenvalue weighted by atomic mass is 10.1. The molecule has 1 saturated heterocycles. The topological polar surface area (TPSA) is 279 Å². The third kappa shape index (κ3) is 10.9. The molecule has 22 heteroatoms. The van der Waals surface area contributed by atoms with E-state index in [-0.39, 0.29) is 23.5 Å². The van der Waals surface area contributed by atoms with Gasteiger partial charge in [-0.25, -0.2) is 4.79 Å². The summed E-state index contributed by atoms with van der Waals surface area (Å²) in [6.07, 6.45) is -0.902. The highest BCUT2D eigenvalue weighted by atomic mass is 31.3. The van der Waals surface area contributed by atoms with Crippen LogP contribution in [0.4, 0.5) is 0 Å². The Morgan fingerprint density at radius 3 is 2.00 bits per heavy atom. The molecule has 2 heterocycles. The Balaban J connectivity index is 1.50. The Morgan fingerprint density at radius 1 is 0.980 bits per heavy atom. The van der Waals surface area contributed by atoms with Gasteiger partial charge in [0.05, 0.1) is 0 Å². The van der Waals surface area contributed by atoms with E-state index in [9.17, 15) is 29.0 Å². The van der Waals surface area contributed by atoms with E-state index in [1.165, 1.54) is 75.5 Å². The van der Waals surface area contributed by atoms with Crippen LogP contribution in [0.1, 0.15) is 43.2 Å². The molecule has 0 spiro atoms. The van der Waals surface area contributed by atoms with Gasteiger partial charge in [-0.3, -0.25) is 23.9 Å². The molecule has 1 aliphatic rings. The molecule has 0 saturated carbocycles. The Morgan fingerprint density at radius 2 is 1.52 bits per heavy atom. The number of diazo groups is 1. The van der Waals surface area contributed by atoms with Crippen molar-refractivity contribution in [2.45, 2.75) is 58.8 Å². The lowest BCUT2D eigenvalue weighted by molar-refractivity contribution is -0.655. The number of benzene rings is 2. The first-order valence-corrected chi connectivity index (χ1v) is 17.5. The molecule has 4 rings (SSSR count). The molecule has 4 atom stereocenters. The normalized spacial score (nSPS) is 18.5. The van der Waals surface area contributed by atoms with E-state index in [1.54, 1.807) is 0 Å². The Kier molecular flexibility index (Phi) is 13.2. The summed E-state index contributed by atoms with van der Waals surface area (Å²) in [6.45, 7) is 2.48. The van der Waals surface area contributed by atoms with E-state index in [0.29, 0.717) is 11.1 Å². The number of aromatic nitrogens is 2. The maximum atomic E-state index is 13.9. The maximum Gasteiger partial charge on any atom is 0.502 e. The van der Waals surface area contributed by atoms with E-state index < -0.39 is 77.7 Å². The number of aryl methyl sites for hydroxylation is 1. The van der Waals surface area contributed by atoms with Gasteiger partial charge in [-0.2, -0.15) is 19.5 Å². The van der Waals surface area contributed by atoms with E-state index in [2.05, 4.69) is 21.4 Å². The van der Waals surface area contributed by atoms with E-state index in [0.717, 1.165) is 4.57 Å². The van der Waals surface area contributed by atoms with Gasteiger partial charge in [0.25, 0.3) is 11.0 Å². The van der Waals surface area contributed by atoms with Gasteiger partial charge in [-0.15, -0.1) is 0 Å². The Hall–Kier alpha value is -4.22.